The van der Waals surface area contributed by atoms with Gasteiger partial charge in [-0.15, -0.1) is 0 Å². The number of hydrogen-bond acceptors (Lipinski definition) is 3. The Labute approximate surface area is 46.5 Å². The van der Waals surface area contributed by atoms with Crippen molar-refractivity contribution in [2.45, 2.75) is 6.29 Å². The molecule has 1 heterocycles. The highest BCUT2D eigenvalue weighted by molar-refractivity contribution is 5.21. The Bertz CT molecular complexity index is 148. The molecule has 44 valence electrons. The molecule has 0 aromatic heterocycles. The van der Waals surface area contributed by atoms with Crippen LogP contribution in [0.15, 0.2) is 24.2 Å². The molecule has 8 heavy (non-hydrogen) atoms. The van der Waals surface area contributed by atoms with Crippen LogP contribution in [0.25, 0.3) is 0 Å². The van der Waals surface area contributed by atoms with E-state index in [1.165, 1.54) is 6.08 Å². The molecule has 1 atom stereocenters. The first kappa shape index (κ1) is 5.18. The van der Waals surface area contributed by atoms with Crippen molar-refractivity contribution in [1.29, 1.82) is 0 Å². The van der Waals surface area contributed by atoms with Crippen molar-refractivity contribution in [2.24, 2.45) is 0 Å². The molecule has 1 rings (SSSR count). The second-order valence-corrected chi connectivity index (χ2v) is 1.53. The predicted octanol–water partition coefficient (Wildman–Crippen LogP) is 0.291. The highest BCUT2D eigenvalue weighted by Gasteiger charge is 2.17. The minimum absolute atomic E-state index is 0.275. The largest absolute Gasteiger partial charge is 0.481 e. The molecule has 0 aromatic rings. The maximum Gasteiger partial charge on any atom is 0.279 e. The molecule has 0 radical (unpaired) electrons. The van der Waals surface area contributed by atoms with Crippen LogP contribution in [0.3, 0.4) is 0 Å². The Kier molecular flexibility index (Phi) is 0.986. The number of rotatable bonds is 0. The van der Waals surface area contributed by atoms with E-state index in [-0.39, 0.29) is 5.95 Å². The third kappa shape index (κ3) is 0.675. The standard InChI is InChI=1S/C5H6O3/c1-3-2-4(6)8-5(3)7/h2,5-7H,1H2. The summed E-state index contributed by atoms with van der Waals surface area (Å²) in [7, 11) is 0. The van der Waals surface area contributed by atoms with Crippen molar-refractivity contribution >= 4 is 0 Å². The zero-order valence-corrected chi connectivity index (χ0v) is 4.16. The van der Waals surface area contributed by atoms with Crippen LogP contribution < -0.4 is 0 Å². The van der Waals surface area contributed by atoms with E-state index in [0.29, 0.717) is 5.57 Å². The first-order valence-electron chi connectivity index (χ1n) is 2.14. The van der Waals surface area contributed by atoms with Crippen molar-refractivity contribution in [3.8, 4) is 0 Å². The van der Waals surface area contributed by atoms with Gasteiger partial charge in [0, 0.05) is 11.6 Å². The number of aliphatic hydroxyl groups is 2. The molecule has 0 spiro atoms. The summed E-state index contributed by atoms with van der Waals surface area (Å²) in [6.07, 6.45) is 0.222. The van der Waals surface area contributed by atoms with Crippen molar-refractivity contribution in [2.75, 3.05) is 0 Å². The van der Waals surface area contributed by atoms with Gasteiger partial charge in [-0.2, -0.15) is 0 Å². The maximum absolute atomic E-state index is 8.63. The zero-order chi connectivity index (χ0) is 6.15. The fourth-order valence-electron chi connectivity index (χ4n) is 0.454. The Morgan fingerprint density at radius 3 is 2.50 bits per heavy atom. The molecule has 0 bridgehead atoms. The molecule has 1 aliphatic heterocycles. The lowest BCUT2D eigenvalue weighted by molar-refractivity contribution is -0.0578. The Balaban J connectivity index is 2.70. The van der Waals surface area contributed by atoms with Gasteiger partial charge in [0.15, 0.2) is 0 Å². The molecule has 0 aromatic carbocycles. The molecule has 1 aliphatic rings. The third-order valence-corrected chi connectivity index (χ3v) is 0.858. The van der Waals surface area contributed by atoms with Crippen LogP contribution in [-0.2, 0) is 4.74 Å². The van der Waals surface area contributed by atoms with Gasteiger partial charge < -0.3 is 14.9 Å². The van der Waals surface area contributed by atoms with Gasteiger partial charge in [0.1, 0.15) is 0 Å². The van der Waals surface area contributed by atoms with Gasteiger partial charge in [0.2, 0.25) is 6.29 Å². The fraction of sp³-hybridized carbons (Fsp3) is 0.200. The number of aliphatic hydroxyl groups excluding tert-OH is 2. The first-order chi connectivity index (χ1) is 3.70. The fourth-order valence-corrected chi connectivity index (χ4v) is 0.454. The lowest BCUT2D eigenvalue weighted by atomic mass is 10.3. The van der Waals surface area contributed by atoms with Crippen molar-refractivity contribution in [3.05, 3.63) is 24.2 Å². The lowest BCUT2D eigenvalue weighted by Crippen LogP contribution is -2.04. The summed E-state index contributed by atoms with van der Waals surface area (Å²) in [5.74, 6) is -0.275. The van der Waals surface area contributed by atoms with E-state index in [2.05, 4.69) is 11.3 Å². The van der Waals surface area contributed by atoms with Crippen LogP contribution in [-0.4, -0.2) is 16.5 Å². The zero-order valence-electron chi connectivity index (χ0n) is 4.16. The van der Waals surface area contributed by atoms with Crippen LogP contribution >= 0.6 is 0 Å². The normalized spacial score (nSPS) is 27.4. The summed E-state index contributed by atoms with van der Waals surface area (Å²) in [5.41, 5.74) is 0.377. The number of ether oxygens (including phenoxy) is 1. The summed E-state index contributed by atoms with van der Waals surface area (Å²) in [5, 5.41) is 17.1. The van der Waals surface area contributed by atoms with Crippen LogP contribution in [0.5, 0.6) is 0 Å². The Hall–Kier alpha value is -0.960. The molecule has 0 fully saturated rings. The van der Waals surface area contributed by atoms with Crippen molar-refractivity contribution < 1.29 is 14.9 Å². The summed E-state index contributed by atoms with van der Waals surface area (Å²) in [6.45, 7) is 3.37. The first-order valence-corrected chi connectivity index (χ1v) is 2.14. The summed E-state index contributed by atoms with van der Waals surface area (Å²) >= 11 is 0. The van der Waals surface area contributed by atoms with Crippen LogP contribution in [0, 0.1) is 0 Å². The smallest absolute Gasteiger partial charge is 0.279 e. The van der Waals surface area contributed by atoms with Crippen LogP contribution in [0.1, 0.15) is 0 Å². The highest BCUT2D eigenvalue weighted by atomic mass is 16.7. The van der Waals surface area contributed by atoms with Crippen molar-refractivity contribution in [3.63, 3.8) is 0 Å². The van der Waals surface area contributed by atoms with E-state index in [1.54, 1.807) is 0 Å². The van der Waals surface area contributed by atoms with E-state index < -0.39 is 6.29 Å². The molecule has 3 nitrogen and oxygen atoms in total. The minimum atomic E-state index is -1.05. The molecule has 0 saturated heterocycles. The van der Waals surface area contributed by atoms with Gasteiger partial charge in [0.05, 0.1) is 0 Å². The third-order valence-electron chi connectivity index (χ3n) is 0.858. The summed E-state index contributed by atoms with van der Waals surface area (Å²) in [4.78, 5) is 0. The van der Waals surface area contributed by atoms with Gasteiger partial charge in [-0.1, -0.05) is 6.58 Å². The Morgan fingerprint density at radius 1 is 1.75 bits per heavy atom. The monoisotopic (exact) mass is 114 g/mol. The van der Waals surface area contributed by atoms with Crippen molar-refractivity contribution in [1.82, 2.24) is 0 Å². The van der Waals surface area contributed by atoms with Gasteiger partial charge >= 0.3 is 0 Å². The lowest BCUT2D eigenvalue weighted by Gasteiger charge is -2.00. The van der Waals surface area contributed by atoms with E-state index >= 15 is 0 Å². The summed E-state index contributed by atoms with van der Waals surface area (Å²) in [6, 6.07) is 0. The predicted molar refractivity (Wildman–Crippen MR) is 26.9 cm³/mol. The second kappa shape index (κ2) is 1.52. The molecule has 0 aliphatic carbocycles. The van der Waals surface area contributed by atoms with Gasteiger partial charge in [0.25, 0.3) is 5.95 Å². The van der Waals surface area contributed by atoms with Crippen LogP contribution in [0.4, 0.5) is 0 Å². The molecule has 1 unspecified atom stereocenters. The summed E-state index contributed by atoms with van der Waals surface area (Å²) < 4.78 is 4.35. The molecule has 2 N–H and O–H groups in total. The Morgan fingerprint density at radius 2 is 2.38 bits per heavy atom. The van der Waals surface area contributed by atoms with E-state index in [0.717, 1.165) is 0 Å². The minimum Gasteiger partial charge on any atom is -0.481 e. The average Bonchev–Trinajstić information content (AvgIpc) is 1.85. The SMILES string of the molecule is C=C1C=C(O)OC1O. The van der Waals surface area contributed by atoms with E-state index in [4.69, 9.17) is 10.2 Å². The highest BCUT2D eigenvalue weighted by Crippen LogP contribution is 2.15. The molecule has 0 amide bonds. The molecular weight excluding hydrogens is 108 g/mol. The van der Waals surface area contributed by atoms with Crippen LogP contribution in [0.2, 0.25) is 0 Å². The number of hydrogen-bond donors (Lipinski definition) is 2. The van der Waals surface area contributed by atoms with Gasteiger partial charge in [-0.05, 0) is 0 Å². The molecule has 0 saturated carbocycles. The van der Waals surface area contributed by atoms with E-state index in [9.17, 15) is 0 Å². The second-order valence-electron chi connectivity index (χ2n) is 1.53. The average molecular weight is 114 g/mol. The van der Waals surface area contributed by atoms with Gasteiger partial charge in [-0.25, -0.2) is 0 Å². The maximum atomic E-state index is 8.63. The quantitative estimate of drug-likeness (QED) is 0.476. The molecule has 3 heteroatoms. The topological polar surface area (TPSA) is 49.7 Å². The van der Waals surface area contributed by atoms with Gasteiger partial charge in [-0.3, -0.25) is 0 Å². The van der Waals surface area contributed by atoms with E-state index in [1.807, 2.05) is 0 Å². The molecular formula is C5H6O3.